The fourth-order valence-electron chi connectivity index (χ4n) is 3.01. The third-order valence-corrected chi connectivity index (χ3v) is 5.34. The lowest BCUT2D eigenvalue weighted by Crippen LogP contribution is -2.42. The number of hydrogen-bond acceptors (Lipinski definition) is 6. The van der Waals surface area contributed by atoms with Crippen molar-refractivity contribution >= 4 is 22.2 Å². The Balaban J connectivity index is 1.64. The monoisotopic (exact) mass is 371 g/mol. The van der Waals surface area contributed by atoms with E-state index in [1.807, 2.05) is 12.1 Å². The molecule has 3 rings (SSSR count). The Morgan fingerprint density at radius 1 is 1.38 bits per heavy atom. The summed E-state index contributed by atoms with van der Waals surface area (Å²) in [4.78, 5) is 14.5. The topological polar surface area (TPSA) is 85.6 Å². The van der Waals surface area contributed by atoms with E-state index in [0.717, 1.165) is 12.1 Å². The number of carbonyl (C=O) groups is 1. The second-order valence-corrected chi connectivity index (χ2v) is 7.08. The molecule has 2 N–H and O–H groups in total. The van der Waals surface area contributed by atoms with Crippen LogP contribution in [-0.4, -0.2) is 47.8 Å². The Morgan fingerprint density at radius 3 is 2.77 bits per heavy atom. The van der Waals surface area contributed by atoms with Crippen LogP contribution in [0.3, 0.4) is 0 Å². The minimum atomic E-state index is -0.458. The van der Waals surface area contributed by atoms with E-state index in [4.69, 9.17) is 10.00 Å². The first-order valence-electron chi connectivity index (χ1n) is 8.50. The number of benzene rings is 1. The second-order valence-electron chi connectivity index (χ2n) is 6.16. The van der Waals surface area contributed by atoms with Crippen molar-refractivity contribution in [1.29, 1.82) is 5.26 Å². The number of nitrogens with one attached hydrogen (secondary N) is 1. The highest BCUT2D eigenvalue weighted by molar-refractivity contribution is 7.14. The van der Waals surface area contributed by atoms with Gasteiger partial charge in [-0.3, -0.25) is 9.69 Å². The van der Waals surface area contributed by atoms with E-state index in [-0.39, 0.29) is 11.9 Å². The van der Waals surface area contributed by atoms with Gasteiger partial charge in [0, 0.05) is 12.1 Å². The van der Waals surface area contributed by atoms with Crippen LogP contribution < -0.4 is 5.32 Å². The van der Waals surface area contributed by atoms with Crippen LogP contribution in [-0.2, 0) is 11.3 Å². The molecule has 1 aliphatic rings. The SMILES string of the molecule is CCN(Cc1ccc(C(=O)Nc2sccc2C#N)cc1)[C@@H]1COC[C@H]1O. The van der Waals surface area contributed by atoms with Gasteiger partial charge in [0.1, 0.15) is 11.1 Å². The molecule has 2 heterocycles. The van der Waals surface area contributed by atoms with Crippen LogP contribution in [0.1, 0.15) is 28.4 Å². The van der Waals surface area contributed by atoms with Crippen LogP contribution in [0.4, 0.5) is 5.00 Å². The van der Waals surface area contributed by atoms with Gasteiger partial charge in [-0.15, -0.1) is 11.3 Å². The van der Waals surface area contributed by atoms with Crippen molar-refractivity contribution in [2.45, 2.75) is 25.6 Å². The maximum absolute atomic E-state index is 12.3. The lowest BCUT2D eigenvalue weighted by molar-refractivity contribution is 0.0808. The molecule has 2 atom stereocenters. The molecule has 1 aromatic carbocycles. The molecule has 0 bridgehead atoms. The van der Waals surface area contributed by atoms with E-state index in [2.05, 4.69) is 23.2 Å². The number of thiophene rings is 1. The Hall–Kier alpha value is -2.24. The minimum Gasteiger partial charge on any atom is -0.389 e. The van der Waals surface area contributed by atoms with E-state index in [0.29, 0.717) is 35.9 Å². The van der Waals surface area contributed by atoms with Gasteiger partial charge in [0.25, 0.3) is 5.91 Å². The van der Waals surface area contributed by atoms with Crippen molar-refractivity contribution in [1.82, 2.24) is 4.90 Å². The molecule has 1 aromatic heterocycles. The van der Waals surface area contributed by atoms with E-state index < -0.39 is 6.10 Å². The summed E-state index contributed by atoms with van der Waals surface area (Å²) in [5.41, 5.74) is 2.07. The molecule has 1 saturated heterocycles. The summed E-state index contributed by atoms with van der Waals surface area (Å²) in [5.74, 6) is -0.234. The molecule has 26 heavy (non-hydrogen) atoms. The molecule has 1 amide bonds. The van der Waals surface area contributed by atoms with E-state index in [1.165, 1.54) is 11.3 Å². The van der Waals surface area contributed by atoms with Crippen LogP contribution in [0.25, 0.3) is 0 Å². The summed E-state index contributed by atoms with van der Waals surface area (Å²) >= 11 is 1.33. The molecule has 0 saturated carbocycles. The average Bonchev–Trinajstić information content (AvgIpc) is 3.28. The van der Waals surface area contributed by atoms with Gasteiger partial charge >= 0.3 is 0 Å². The van der Waals surface area contributed by atoms with Gasteiger partial charge in [-0.2, -0.15) is 5.26 Å². The number of rotatable bonds is 6. The van der Waals surface area contributed by atoms with Gasteiger partial charge in [0.15, 0.2) is 0 Å². The first kappa shape index (κ1) is 18.5. The zero-order valence-electron chi connectivity index (χ0n) is 14.5. The highest BCUT2D eigenvalue weighted by Gasteiger charge is 2.30. The Labute approximate surface area is 156 Å². The van der Waals surface area contributed by atoms with Crippen molar-refractivity contribution < 1.29 is 14.6 Å². The van der Waals surface area contributed by atoms with Crippen LogP contribution >= 0.6 is 11.3 Å². The smallest absolute Gasteiger partial charge is 0.256 e. The summed E-state index contributed by atoms with van der Waals surface area (Å²) < 4.78 is 5.34. The Morgan fingerprint density at radius 2 is 2.15 bits per heavy atom. The lowest BCUT2D eigenvalue weighted by atomic mass is 10.1. The number of anilines is 1. The fraction of sp³-hybridized carbons (Fsp3) is 0.368. The number of likely N-dealkylation sites (N-methyl/N-ethyl adjacent to an activating group) is 1. The second kappa shape index (κ2) is 8.43. The molecule has 136 valence electrons. The molecule has 1 aliphatic heterocycles. The number of carbonyl (C=O) groups excluding carboxylic acids is 1. The predicted molar refractivity (Wildman–Crippen MR) is 100 cm³/mol. The van der Waals surface area contributed by atoms with Crippen LogP contribution in [0.5, 0.6) is 0 Å². The van der Waals surface area contributed by atoms with Crippen molar-refractivity contribution in [3.05, 3.63) is 52.4 Å². The number of nitriles is 1. The average molecular weight is 371 g/mol. The standard InChI is InChI=1S/C19H21N3O3S/c1-2-22(16-11-25-12-17(16)23)10-13-3-5-14(6-4-13)18(24)21-19-15(9-20)7-8-26-19/h3-8,16-17,23H,2,10-12H2,1H3,(H,21,24)/t16-,17-/m1/s1. The maximum Gasteiger partial charge on any atom is 0.256 e. The summed E-state index contributed by atoms with van der Waals surface area (Å²) in [6.07, 6.45) is -0.458. The Kier molecular flexibility index (Phi) is 6.01. The quantitative estimate of drug-likeness (QED) is 0.815. The lowest BCUT2D eigenvalue weighted by Gasteiger charge is -2.28. The fourth-order valence-corrected chi connectivity index (χ4v) is 3.74. The summed E-state index contributed by atoms with van der Waals surface area (Å²) in [7, 11) is 0. The third-order valence-electron chi connectivity index (χ3n) is 4.51. The molecule has 2 aromatic rings. The summed E-state index contributed by atoms with van der Waals surface area (Å²) in [5, 5.41) is 24.1. The maximum atomic E-state index is 12.3. The predicted octanol–water partition coefficient (Wildman–Crippen LogP) is 2.45. The zero-order valence-corrected chi connectivity index (χ0v) is 15.3. The summed E-state index contributed by atoms with van der Waals surface area (Å²) in [6, 6.07) is 11.1. The number of ether oxygens (including phenoxy) is 1. The first-order valence-corrected chi connectivity index (χ1v) is 9.38. The molecule has 6 nitrogen and oxygen atoms in total. The molecular weight excluding hydrogens is 350 g/mol. The minimum absolute atomic E-state index is 0.00575. The van der Waals surface area contributed by atoms with Crippen LogP contribution in [0.15, 0.2) is 35.7 Å². The van der Waals surface area contributed by atoms with Crippen molar-refractivity contribution in [2.75, 3.05) is 25.1 Å². The number of hydrogen-bond donors (Lipinski definition) is 2. The van der Waals surface area contributed by atoms with Gasteiger partial charge in [-0.25, -0.2) is 0 Å². The molecule has 0 aliphatic carbocycles. The van der Waals surface area contributed by atoms with E-state index >= 15 is 0 Å². The van der Waals surface area contributed by atoms with Gasteiger partial charge in [-0.1, -0.05) is 19.1 Å². The van der Waals surface area contributed by atoms with E-state index in [9.17, 15) is 9.90 Å². The van der Waals surface area contributed by atoms with Crippen LogP contribution in [0.2, 0.25) is 0 Å². The zero-order chi connectivity index (χ0) is 18.5. The van der Waals surface area contributed by atoms with Crippen LogP contribution in [0, 0.1) is 11.3 Å². The number of amides is 1. The van der Waals surface area contributed by atoms with Crippen molar-refractivity contribution in [3.63, 3.8) is 0 Å². The first-order chi connectivity index (χ1) is 12.6. The highest BCUT2D eigenvalue weighted by Crippen LogP contribution is 2.23. The van der Waals surface area contributed by atoms with Gasteiger partial charge < -0.3 is 15.2 Å². The van der Waals surface area contributed by atoms with Crippen molar-refractivity contribution in [3.8, 4) is 6.07 Å². The molecule has 0 unspecified atom stereocenters. The third kappa shape index (κ3) is 4.11. The van der Waals surface area contributed by atoms with Crippen molar-refractivity contribution in [2.24, 2.45) is 0 Å². The normalized spacial score (nSPS) is 19.5. The molecule has 0 spiro atoms. The largest absolute Gasteiger partial charge is 0.389 e. The molecule has 0 radical (unpaired) electrons. The number of aliphatic hydroxyl groups is 1. The van der Waals surface area contributed by atoms with E-state index in [1.54, 1.807) is 23.6 Å². The highest BCUT2D eigenvalue weighted by atomic mass is 32.1. The summed E-state index contributed by atoms with van der Waals surface area (Å²) in [6.45, 7) is 4.47. The molecule has 1 fully saturated rings. The van der Waals surface area contributed by atoms with Gasteiger partial charge in [0.2, 0.25) is 0 Å². The van der Waals surface area contributed by atoms with Gasteiger partial charge in [-0.05, 0) is 35.7 Å². The molecular formula is C19H21N3O3S. The number of nitrogens with zero attached hydrogens (tertiary/aromatic N) is 2. The Bertz CT molecular complexity index is 797. The molecule has 7 heteroatoms. The van der Waals surface area contributed by atoms with Gasteiger partial charge in [0.05, 0.1) is 30.9 Å². The number of aliphatic hydroxyl groups excluding tert-OH is 1.